The van der Waals surface area contributed by atoms with Crippen LogP contribution in [0.2, 0.25) is 0 Å². The van der Waals surface area contributed by atoms with Crippen LogP contribution in [-0.4, -0.2) is 17.6 Å². The highest BCUT2D eigenvalue weighted by molar-refractivity contribution is 5.76. The third-order valence-electron chi connectivity index (χ3n) is 2.58. The third kappa shape index (κ3) is 4.04. The van der Waals surface area contributed by atoms with Crippen LogP contribution in [0.5, 0.6) is 0 Å². The fourth-order valence-corrected chi connectivity index (χ4v) is 1.57. The molecule has 92 valence electrons. The number of para-hydroxylation sites is 1. The largest absolute Gasteiger partial charge is 0.374 e. The molecule has 0 aliphatic heterocycles. The number of rotatable bonds is 7. The highest BCUT2D eigenvalue weighted by atomic mass is 16.3. The van der Waals surface area contributed by atoms with E-state index in [1.165, 1.54) is 0 Å². The number of carbonyl (C=O) groups excluding carboxylic acids is 1. The Hall–Kier alpha value is -1.61. The van der Waals surface area contributed by atoms with Crippen molar-refractivity contribution < 1.29 is 9.90 Å². The smallest absolute Gasteiger partial charge is 0.124 e. The standard InChI is InChI=1S/C14H19NO2/c1-3-14(17)15-13-9-5-4-8-12(13)11(2)7-6-10-16/h4-5,8-10,14-15,17H,2-3,6-7H2,1H3. The number of aliphatic hydroxyl groups is 1. The maximum atomic E-state index is 10.4. The van der Waals surface area contributed by atoms with Crippen LogP contribution in [-0.2, 0) is 4.79 Å². The van der Waals surface area contributed by atoms with Crippen LogP contribution in [0.15, 0.2) is 30.8 Å². The fraction of sp³-hybridized carbons (Fsp3) is 0.357. The van der Waals surface area contributed by atoms with Crippen molar-refractivity contribution in [3.63, 3.8) is 0 Å². The van der Waals surface area contributed by atoms with Crippen molar-refractivity contribution in [1.82, 2.24) is 0 Å². The van der Waals surface area contributed by atoms with Crippen LogP contribution in [0.1, 0.15) is 31.7 Å². The second kappa shape index (κ2) is 6.86. The summed E-state index contributed by atoms with van der Waals surface area (Å²) in [5.74, 6) is 0. The Labute approximate surface area is 102 Å². The van der Waals surface area contributed by atoms with Crippen LogP contribution in [0.3, 0.4) is 0 Å². The van der Waals surface area contributed by atoms with E-state index >= 15 is 0 Å². The topological polar surface area (TPSA) is 49.3 Å². The zero-order valence-electron chi connectivity index (χ0n) is 10.1. The lowest BCUT2D eigenvalue weighted by molar-refractivity contribution is -0.107. The van der Waals surface area contributed by atoms with Crippen molar-refractivity contribution in [3.8, 4) is 0 Å². The predicted octanol–water partition coefficient (Wildman–Crippen LogP) is 2.82. The van der Waals surface area contributed by atoms with Gasteiger partial charge in [0.25, 0.3) is 0 Å². The van der Waals surface area contributed by atoms with Gasteiger partial charge in [-0.15, -0.1) is 0 Å². The van der Waals surface area contributed by atoms with Gasteiger partial charge in [0.2, 0.25) is 0 Å². The van der Waals surface area contributed by atoms with E-state index in [2.05, 4.69) is 11.9 Å². The van der Waals surface area contributed by atoms with Gasteiger partial charge in [-0.3, -0.25) is 0 Å². The molecule has 0 saturated carbocycles. The molecule has 0 bridgehead atoms. The number of aldehydes is 1. The average molecular weight is 233 g/mol. The molecule has 1 aromatic rings. The molecule has 0 heterocycles. The zero-order chi connectivity index (χ0) is 12.7. The average Bonchev–Trinajstić information content (AvgIpc) is 2.36. The lowest BCUT2D eigenvalue weighted by Gasteiger charge is -2.16. The minimum Gasteiger partial charge on any atom is -0.374 e. The minimum atomic E-state index is -0.560. The maximum absolute atomic E-state index is 10.4. The molecule has 0 fully saturated rings. The Kier molecular flexibility index (Phi) is 5.43. The molecular weight excluding hydrogens is 214 g/mol. The van der Waals surface area contributed by atoms with E-state index in [9.17, 15) is 9.90 Å². The van der Waals surface area contributed by atoms with Crippen molar-refractivity contribution >= 4 is 17.5 Å². The third-order valence-corrected chi connectivity index (χ3v) is 2.58. The summed E-state index contributed by atoms with van der Waals surface area (Å²) in [5, 5.41) is 12.6. The molecular formula is C14H19NO2. The van der Waals surface area contributed by atoms with Gasteiger partial charge in [0.15, 0.2) is 0 Å². The molecule has 1 unspecified atom stereocenters. The van der Waals surface area contributed by atoms with Crippen molar-refractivity contribution in [1.29, 1.82) is 0 Å². The molecule has 0 spiro atoms. The van der Waals surface area contributed by atoms with E-state index < -0.39 is 6.23 Å². The van der Waals surface area contributed by atoms with Crippen molar-refractivity contribution in [3.05, 3.63) is 36.4 Å². The van der Waals surface area contributed by atoms with Crippen LogP contribution in [0.25, 0.3) is 5.57 Å². The Morgan fingerprint density at radius 3 is 2.88 bits per heavy atom. The first kappa shape index (κ1) is 13.5. The normalized spacial score (nSPS) is 11.9. The fourth-order valence-electron chi connectivity index (χ4n) is 1.57. The van der Waals surface area contributed by atoms with Crippen LogP contribution >= 0.6 is 0 Å². The Morgan fingerprint density at radius 1 is 1.53 bits per heavy atom. The first-order chi connectivity index (χ1) is 8.19. The molecule has 1 atom stereocenters. The summed E-state index contributed by atoms with van der Waals surface area (Å²) >= 11 is 0. The molecule has 0 amide bonds. The number of aliphatic hydroxyl groups excluding tert-OH is 1. The molecule has 3 nitrogen and oxygen atoms in total. The second-order valence-electron chi connectivity index (χ2n) is 3.92. The van der Waals surface area contributed by atoms with E-state index in [0.717, 1.165) is 23.1 Å². The van der Waals surface area contributed by atoms with Crippen LogP contribution in [0, 0.1) is 0 Å². The highest BCUT2D eigenvalue weighted by Gasteiger charge is 2.07. The molecule has 0 radical (unpaired) electrons. The van der Waals surface area contributed by atoms with E-state index in [-0.39, 0.29) is 0 Å². The number of nitrogens with one attached hydrogen (secondary N) is 1. The van der Waals surface area contributed by atoms with Gasteiger partial charge < -0.3 is 15.2 Å². The summed E-state index contributed by atoms with van der Waals surface area (Å²) < 4.78 is 0. The summed E-state index contributed by atoms with van der Waals surface area (Å²) in [7, 11) is 0. The summed E-state index contributed by atoms with van der Waals surface area (Å²) in [5.41, 5.74) is 2.73. The van der Waals surface area contributed by atoms with Crippen molar-refractivity contribution in [2.45, 2.75) is 32.4 Å². The van der Waals surface area contributed by atoms with Crippen molar-refractivity contribution in [2.24, 2.45) is 0 Å². The second-order valence-corrected chi connectivity index (χ2v) is 3.92. The molecule has 0 aliphatic carbocycles. The zero-order valence-corrected chi connectivity index (χ0v) is 10.1. The molecule has 1 rings (SSSR count). The van der Waals surface area contributed by atoms with Crippen molar-refractivity contribution in [2.75, 3.05) is 5.32 Å². The van der Waals surface area contributed by atoms with Gasteiger partial charge in [-0.25, -0.2) is 0 Å². The van der Waals surface area contributed by atoms with E-state index in [0.29, 0.717) is 19.3 Å². The predicted molar refractivity (Wildman–Crippen MR) is 70.7 cm³/mol. The molecule has 3 heteroatoms. The van der Waals surface area contributed by atoms with Crippen LogP contribution < -0.4 is 5.32 Å². The van der Waals surface area contributed by atoms with Gasteiger partial charge in [-0.1, -0.05) is 31.7 Å². The molecule has 0 aromatic heterocycles. The Morgan fingerprint density at radius 2 is 2.24 bits per heavy atom. The highest BCUT2D eigenvalue weighted by Crippen LogP contribution is 2.26. The van der Waals surface area contributed by atoms with Gasteiger partial charge in [-0.2, -0.15) is 0 Å². The monoisotopic (exact) mass is 233 g/mol. The van der Waals surface area contributed by atoms with Gasteiger partial charge in [0, 0.05) is 17.7 Å². The summed E-state index contributed by atoms with van der Waals surface area (Å²) in [6.07, 6.45) is 2.08. The summed E-state index contributed by atoms with van der Waals surface area (Å²) in [4.78, 5) is 10.4. The number of hydrogen-bond donors (Lipinski definition) is 2. The molecule has 1 aromatic carbocycles. The first-order valence-electron chi connectivity index (χ1n) is 5.84. The SMILES string of the molecule is C=C(CCC=O)c1ccccc1NC(O)CC. The van der Waals surface area contributed by atoms with E-state index in [1.807, 2.05) is 31.2 Å². The maximum Gasteiger partial charge on any atom is 0.124 e. The summed E-state index contributed by atoms with van der Waals surface area (Å²) in [6, 6.07) is 7.67. The lowest BCUT2D eigenvalue weighted by atomic mass is 10.0. The Balaban J connectivity index is 2.83. The van der Waals surface area contributed by atoms with Gasteiger partial charge >= 0.3 is 0 Å². The summed E-state index contributed by atoms with van der Waals surface area (Å²) in [6.45, 7) is 5.88. The Bertz CT molecular complexity index is 388. The number of anilines is 1. The number of hydrogen-bond acceptors (Lipinski definition) is 3. The molecule has 0 aliphatic rings. The van der Waals surface area contributed by atoms with Gasteiger partial charge in [0.1, 0.15) is 12.5 Å². The van der Waals surface area contributed by atoms with Gasteiger partial charge in [0.05, 0.1) is 0 Å². The first-order valence-corrected chi connectivity index (χ1v) is 5.84. The van der Waals surface area contributed by atoms with E-state index in [4.69, 9.17) is 0 Å². The van der Waals surface area contributed by atoms with Crippen LogP contribution in [0.4, 0.5) is 5.69 Å². The molecule has 2 N–H and O–H groups in total. The number of benzene rings is 1. The van der Waals surface area contributed by atoms with E-state index in [1.54, 1.807) is 0 Å². The lowest BCUT2D eigenvalue weighted by Crippen LogP contribution is -2.17. The molecule has 17 heavy (non-hydrogen) atoms. The van der Waals surface area contributed by atoms with Gasteiger partial charge in [-0.05, 0) is 24.5 Å². The number of allylic oxidation sites excluding steroid dienone is 1. The minimum absolute atomic E-state index is 0.476. The quantitative estimate of drug-likeness (QED) is 0.562. The molecule has 0 saturated heterocycles. The number of carbonyl (C=O) groups is 1.